The number of ether oxygens (including phenoxy) is 1. The number of para-hydroxylation sites is 2. The van der Waals surface area contributed by atoms with Crippen LogP contribution in [0.4, 0.5) is 11.5 Å². The molecular weight excluding hydrogens is 428 g/mol. The molecule has 5 rings (SSSR count). The number of aromatic nitrogens is 1. The fraction of sp³-hybridized carbons (Fsp3) is 0.370. The summed E-state index contributed by atoms with van der Waals surface area (Å²) in [4.78, 5) is 37.3. The summed E-state index contributed by atoms with van der Waals surface area (Å²) in [6, 6.07) is 19.8. The average molecular weight is 459 g/mol. The first kappa shape index (κ1) is 22.2. The molecule has 0 radical (unpaired) electrons. The summed E-state index contributed by atoms with van der Waals surface area (Å²) in [6.07, 6.45) is 1.30. The summed E-state index contributed by atoms with van der Waals surface area (Å²) in [5.41, 5.74) is 2.43. The molecule has 34 heavy (non-hydrogen) atoms. The van der Waals surface area contributed by atoms with Crippen LogP contribution in [0.15, 0.2) is 60.7 Å². The lowest BCUT2D eigenvalue weighted by molar-refractivity contribution is -0.140. The Kier molecular flexibility index (Phi) is 6.34. The number of carbonyl (C=O) groups is 2. The Morgan fingerprint density at radius 1 is 0.853 bits per heavy atom. The Morgan fingerprint density at radius 2 is 1.53 bits per heavy atom. The van der Waals surface area contributed by atoms with Gasteiger partial charge in [0.1, 0.15) is 11.4 Å². The maximum absolute atomic E-state index is 13.2. The molecule has 1 amide bonds. The lowest BCUT2D eigenvalue weighted by Crippen LogP contribution is -2.51. The summed E-state index contributed by atoms with van der Waals surface area (Å²) in [5, 5.41) is 0.883. The van der Waals surface area contributed by atoms with E-state index in [1.165, 1.54) is 0 Å². The minimum atomic E-state index is -0.853. The third-order valence-corrected chi connectivity index (χ3v) is 6.67. The van der Waals surface area contributed by atoms with Crippen LogP contribution in [-0.2, 0) is 9.53 Å². The van der Waals surface area contributed by atoms with Crippen LogP contribution in [0.3, 0.4) is 0 Å². The smallest absolute Gasteiger partial charge is 0.342 e. The van der Waals surface area contributed by atoms with Crippen molar-refractivity contribution in [3.05, 3.63) is 66.2 Å². The molecule has 0 N–H and O–H groups in total. The van der Waals surface area contributed by atoms with Gasteiger partial charge in [-0.1, -0.05) is 36.4 Å². The van der Waals surface area contributed by atoms with E-state index in [-0.39, 0.29) is 5.91 Å². The number of carbonyl (C=O) groups excluding carboxylic acids is 2. The van der Waals surface area contributed by atoms with E-state index in [1.54, 1.807) is 11.8 Å². The van der Waals surface area contributed by atoms with Crippen molar-refractivity contribution in [3.8, 4) is 0 Å². The monoisotopic (exact) mass is 458 g/mol. The molecule has 1 unspecified atom stereocenters. The van der Waals surface area contributed by atoms with E-state index in [9.17, 15) is 9.59 Å². The number of hydrogen-bond donors (Lipinski definition) is 0. The molecule has 0 spiro atoms. The first-order valence-corrected chi connectivity index (χ1v) is 12.0. The standard InChI is InChI=1S/C27H30N4O3/c1-20(26(32)31-17-15-29(16-18-31)22-10-3-2-4-11-22)34-27(33)23-19-21-9-5-6-12-24(21)28-25(23)30-13-7-8-14-30/h2-6,9-12,19-20H,7-8,13-18H2,1H3. The maximum Gasteiger partial charge on any atom is 0.342 e. The molecule has 2 fully saturated rings. The highest BCUT2D eigenvalue weighted by Crippen LogP contribution is 2.27. The Morgan fingerprint density at radius 3 is 2.26 bits per heavy atom. The van der Waals surface area contributed by atoms with E-state index in [0.717, 1.165) is 55.6 Å². The van der Waals surface area contributed by atoms with E-state index in [0.29, 0.717) is 24.5 Å². The Labute approximate surface area is 199 Å². The molecule has 0 bridgehead atoms. The van der Waals surface area contributed by atoms with Crippen LogP contribution in [0.25, 0.3) is 10.9 Å². The lowest BCUT2D eigenvalue weighted by Gasteiger charge is -2.37. The van der Waals surface area contributed by atoms with Crippen molar-refractivity contribution in [1.82, 2.24) is 9.88 Å². The predicted octanol–water partition coefficient (Wildman–Crippen LogP) is 3.73. The highest BCUT2D eigenvalue weighted by Gasteiger charge is 2.29. The van der Waals surface area contributed by atoms with Crippen LogP contribution in [0.5, 0.6) is 0 Å². The number of benzene rings is 2. The van der Waals surface area contributed by atoms with Gasteiger partial charge in [-0.05, 0) is 44.0 Å². The van der Waals surface area contributed by atoms with Gasteiger partial charge in [-0.2, -0.15) is 0 Å². The minimum absolute atomic E-state index is 0.155. The van der Waals surface area contributed by atoms with Crippen molar-refractivity contribution in [1.29, 1.82) is 0 Å². The van der Waals surface area contributed by atoms with Crippen molar-refractivity contribution in [2.24, 2.45) is 0 Å². The third kappa shape index (κ3) is 4.55. The van der Waals surface area contributed by atoms with Gasteiger partial charge in [0.05, 0.1) is 5.52 Å². The molecule has 7 heteroatoms. The molecule has 3 heterocycles. The zero-order valence-corrected chi connectivity index (χ0v) is 19.5. The Hall–Kier alpha value is -3.61. The number of esters is 1. The van der Waals surface area contributed by atoms with Crippen molar-refractivity contribution in [2.45, 2.75) is 25.9 Å². The van der Waals surface area contributed by atoms with Crippen molar-refractivity contribution < 1.29 is 14.3 Å². The van der Waals surface area contributed by atoms with Crippen LogP contribution in [0, 0.1) is 0 Å². The van der Waals surface area contributed by atoms with Gasteiger partial charge in [-0.25, -0.2) is 9.78 Å². The van der Waals surface area contributed by atoms with Crippen molar-refractivity contribution in [3.63, 3.8) is 0 Å². The SMILES string of the molecule is CC(OC(=O)c1cc2ccccc2nc1N1CCCC1)C(=O)N1CCN(c2ccccc2)CC1. The fourth-order valence-electron chi connectivity index (χ4n) is 4.78. The van der Waals surface area contributed by atoms with Gasteiger partial charge in [0.25, 0.3) is 5.91 Å². The molecule has 0 saturated carbocycles. The zero-order chi connectivity index (χ0) is 23.5. The number of piperazine rings is 1. The number of anilines is 2. The second-order valence-corrected chi connectivity index (χ2v) is 8.94. The number of fused-ring (bicyclic) bond motifs is 1. The number of nitrogens with zero attached hydrogens (tertiary/aromatic N) is 4. The molecule has 1 aromatic heterocycles. The zero-order valence-electron chi connectivity index (χ0n) is 19.5. The van der Waals surface area contributed by atoms with Crippen LogP contribution in [-0.4, -0.2) is 67.1 Å². The topological polar surface area (TPSA) is 66.0 Å². The number of hydrogen-bond acceptors (Lipinski definition) is 6. The summed E-state index contributed by atoms with van der Waals surface area (Å²) in [6.45, 7) is 6.11. The van der Waals surface area contributed by atoms with Gasteiger partial charge in [-0.3, -0.25) is 4.79 Å². The maximum atomic E-state index is 13.2. The summed E-state index contributed by atoms with van der Waals surface area (Å²) < 4.78 is 5.70. The van der Waals surface area contributed by atoms with Gasteiger partial charge in [0, 0.05) is 50.3 Å². The highest BCUT2D eigenvalue weighted by molar-refractivity contribution is 6.00. The second-order valence-electron chi connectivity index (χ2n) is 8.94. The Balaban J connectivity index is 1.27. The van der Waals surface area contributed by atoms with Gasteiger partial charge in [-0.15, -0.1) is 0 Å². The largest absolute Gasteiger partial charge is 0.449 e. The number of pyridine rings is 1. The number of amides is 1. The predicted molar refractivity (Wildman–Crippen MR) is 133 cm³/mol. The quantitative estimate of drug-likeness (QED) is 0.543. The molecule has 2 aliphatic rings. The number of rotatable bonds is 5. The van der Waals surface area contributed by atoms with Crippen LogP contribution in [0.1, 0.15) is 30.1 Å². The average Bonchev–Trinajstić information content (AvgIpc) is 3.43. The van der Waals surface area contributed by atoms with Crippen molar-refractivity contribution in [2.75, 3.05) is 49.1 Å². The van der Waals surface area contributed by atoms with E-state index in [1.807, 2.05) is 48.5 Å². The first-order valence-electron chi connectivity index (χ1n) is 12.0. The normalized spacial score (nSPS) is 17.1. The van der Waals surface area contributed by atoms with E-state index in [2.05, 4.69) is 21.9 Å². The molecule has 176 valence electrons. The van der Waals surface area contributed by atoms with Crippen LogP contribution < -0.4 is 9.80 Å². The fourth-order valence-corrected chi connectivity index (χ4v) is 4.78. The van der Waals surface area contributed by atoms with Crippen LogP contribution >= 0.6 is 0 Å². The Bertz CT molecular complexity index is 1170. The van der Waals surface area contributed by atoms with Gasteiger partial charge >= 0.3 is 5.97 Å². The summed E-state index contributed by atoms with van der Waals surface area (Å²) in [5.74, 6) is -0.00113. The molecule has 0 aliphatic carbocycles. The summed E-state index contributed by atoms with van der Waals surface area (Å²) >= 11 is 0. The van der Waals surface area contributed by atoms with E-state index < -0.39 is 12.1 Å². The molecule has 2 aromatic carbocycles. The molecule has 7 nitrogen and oxygen atoms in total. The van der Waals surface area contributed by atoms with E-state index >= 15 is 0 Å². The molecule has 3 aromatic rings. The second kappa shape index (κ2) is 9.71. The lowest BCUT2D eigenvalue weighted by atomic mass is 10.1. The highest BCUT2D eigenvalue weighted by atomic mass is 16.5. The molecule has 2 aliphatic heterocycles. The van der Waals surface area contributed by atoms with Crippen molar-refractivity contribution >= 4 is 34.3 Å². The van der Waals surface area contributed by atoms with Gasteiger partial charge in [0.15, 0.2) is 6.10 Å². The summed E-state index contributed by atoms with van der Waals surface area (Å²) in [7, 11) is 0. The molecular formula is C27H30N4O3. The third-order valence-electron chi connectivity index (χ3n) is 6.67. The first-order chi connectivity index (χ1) is 16.6. The van der Waals surface area contributed by atoms with Gasteiger partial charge < -0.3 is 19.4 Å². The molecule has 1 atom stereocenters. The van der Waals surface area contributed by atoms with Crippen LogP contribution in [0.2, 0.25) is 0 Å². The van der Waals surface area contributed by atoms with Gasteiger partial charge in [0.2, 0.25) is 0 Å². The minimum Gasteiger partial charge on any atom is -0.449 e. The molecule has 2 saturated heterocycles. The van der Waals surface area contributed by atoms with E-state index in [4.69, 9.17) is 9.72 Å².